The van der Waals surface area contributed by atoms with Crippen LogP contribution in [0.25, 0.3) is 0 Å². The number of aromatic nitrogens is 1. The second kappa shape index (κ2) is 6.66. The zero-order valence-corrected chi connectivity index (χ0v) is 15.1. The van der Waals surface area contributed by atoms with Crippen LogP contribution in [0.1, 0.15) is 17.5 Å². The predicted octanol–water partition coefficient (Wildman–Crippen LogP) is 2.15. The summed E-state index contributed by atoms with van der Waals surface area (Å²) in [5.74, 6) is -0.555. The second-order valence-corrected chi connectivity index (χ2v) is 7.20. The van der Waals surface area contributed by atoms with Gasteiger partial charge >= 0.3 is 6.03 Å². The molecule has 0 radical (unpaired) electrons. The van der Waals surface area contributed by atoms with Crippen LogP contribution in [0, 0.1) is 0 Å². The molecule has 1 aliphatic carbocycles. The van der Waals surface area contributed by atoms with Gasteiger partial charge < -0.3 is 10.6 Å². The molecule has 2 aromatic rings. The molecule has 8 heteroatoms. The van der Waals surface area contributed by atoms with Crippen LogP contribution in [0.3, 0.4) is 0 Å². The number of hydrogen-bond donors (Lipinski definition) is 2. The maximum Gasteiger partial charge on any atom is 0.325 e. The normalized spacial score (nSPS) is 21.1. The van der Waals surface area contributed by atoms with Crippen molar-refractivity contribution in [3.05, 3.63) is 58.7 Å². The van der Waals surface area contributed by atoms with E-state index in [1.165, 1.54) is 11.8 Å². The minimum atomic E-state index is -0.968. The van der Waals surface area contributed by atoms with E-state index in [0.29, 0.717) is 30.1 Å². The number of amides is 4. The Morgan fingerprint density at radius 3 is 2.74 bits per heavy atom. The van der Waals surface area contributed by atoms with Crippen molar-refractivity contribution in [3.8, 4) is 0 Å². The van der Waals surface area contributed by atoms with Crippen molar-refractivity contribution in [1.29, 1.82) is 0 Å². The number of benzene rings is 1. The lowest BCUT2D eigenvalue weighted by molar-refractivity contribution is -0.134. The SMILES string of the molecule is O=C(CN1C(=O)NC2(CCc3ccccc3C2)C1=O)Nc1ccc(Cl)cn1. The highest BCUT2D eigenvalue weighted by Gasteiger charge is 2.52. The average molecular weight is 385 g/mol. The lowest BCUT2D eigenvalue weighted by Gasteiger charge is -2.32. The molecule has 1 aliphatic heterocycles. The first-order chi connectivity index (χ1) is 13.0. The van der Waals surface area contributed by atoms with Gasteiger partial charge in [0.2, 0.25) is 5.91 Å². The Kier molecular flexibility index (Phi) is 4.31. The van der Waals surface area contributed by atoms with Crippen molar-refractivity contribution in [2.24, 2.45) is 0 Å². The monoisotopic (exact) mass is 384 g/mol. The molecule has 0 bridgehead atoms. The molecule has 1 spiro atoms. The van der Waals surface area contributed by atoms with Gasteiger partial charge in [-0.15, -0.1) is 0 Å². The Morgan fingerprint density at radius 2 is 2.00 bits per heavy atom. The summed E-state index contributed by atoms with van der Waals surface area (Å²) in [5, 5.41) is 5.82. The molecule has 4 rings (SSSR count). The van der Waals surface area contributed by atoms with Crippen LogP contribution in [-0.2, 0) is 22.4 Å². The van der Waals surface area contributed by atoms with E-state index in [2.05, 4.69) is 15.6 Å². The highest BCUT2D eigenvalue weighted by molar-refractivity contribution is 6.30. The maximum absolute atomic E-state index is 13.0. The lowest BCUT2D eigenvalue weighted by Crippen LogP contribution is -2.51. The van der Waals surface area contributed by atoms with Crippen molar-refractivity contribution >= 4 is 35.3 Å². The molecule has 1 unspecified atom stereocenters. The van der Waals surface area contributed by atoms with Gasteiger partial charge in [0.25, 0.3) is 5.91 Å². The number of halogens is 1. The molecule has 2 aliphatic rings. The summed E-state index contributed by atoms with van der Waals surface area (Å²) in [6.07, 6.45) is 3.06. The minimum Gasteiger partial charge on any atom is -0.323 e. The Bertz CT molecular complexity index is 931. The fraction of sp³-hybridized carbons (Fsp3) is 0.263. The Balaban J connectivity index is 1.47. The van der Waals surface area contributed by atoms with Gasteiger partial charge in [0.05, 0.1) is 5.02 Å². The molecule has 4 amide bonds. The average Bonchev–Trinajstić information content (AvgIpc) is 2.87. The molecule has 1 aromatic carbocycles. The molecule has 138 valence electrons. The third-order valence-corrected chi connectivity index (χ3v) is 5.20. The molecule has 7 nitrogen and oxygen atoms in total. The number of aryl methyl sites for hydroxylation is 1. The highest BCUT2D eigenvalue weighted by Crippen LogP contribution is 2.33. The number of nitrogens with zero attached hydrogens (tertiary/aromatic N) is 2. The fourth-order valence-electron chi connectivity index (χ4n) is 3.62. The number of carbonyl (C=O) groups is 3. The number of carbonyl (C=O) groups excluding carboxylic acids is 3. The molecule has 1 saturated heterocycles. The van der Waals surface area contributed by atoms with Crippen molar-refractivity contribution in [2.45, 2.75) is 24.8 Å². The van der Waals surface area contributed by atoms with Gasteiger partial charge in [-0.25, -0.2) is 9.78 Å². The first kappa shape index (κ1) is 17.5. The molecular formula is C19H17ClN4O3. The standard InChI is InChI=1S/C19H17ClN4O3/c20-14-5-6-15(21-10-14)22-16(25)11-24-17(26)19(23-18(24)27)8-7-12-3-1-2-4-13(12)9-19/h1-6,10H,7-9,11H2,(H,23,27)(H,21,22,25). The number of nitrogens with one attached hydrogen (secondary N) is 2. The first-order valence-corrected chi connectivity index (χ1v) is 8.97. The van der Waals surface area contributed by atoms with Gasteiger partial charge in [-0.3, -0.25) is 14.5 Å². The molecule has 27 heavy (non-hydrogen) atoms. The van der Waals surface area contributed by atoms with Crippen LogP contribution >= 0.6 is 11.6 Å². The maximum atomic E-state index is 13.0. The van der Waals surface area contributed by atoms with Crippen LogP contribution in [0.4, 0.5) is 10.6 Å². The largest absolute Gasteiger partial charge is 0.325 e. The van der Waals surface area contributed by atoms with Gasteiger partial charge in [-0.1, -0.05) is 35.9 Å². The van der Waals surface area contributed by atoms with Gasteiger partial charge in [0.15, 0.2) is 0 Å². The summed E-state index contributed by atoms with van der Waals surface area (Å²) in [4.78, 5) is 42.5. The number of urea groups is 1. The summed E-state index contributed by atoms with van der Waals surface area (Å²) in [6, 6.07) is 10.5. The lowest BCUT2D eigenvalue weighted by atomic mass is 9.78. The van der Waals surface area contributed by atoms with E-state index in [0.717, 1.165) is 10.5 Å². The summed E-state index contributed by atoms with van der Waals surface area (Å²) >= 11 is 5.76. The number of hydrogen-bond acceptors (Lipinski definition) is 4. The van der Waals surface area contributed by atoms with E-state index in [-0.39, 0.29) is 12.5 Å². The van der Waals surface area contributed by atoms with Crippen LogP contribution in [0.15, 0.2) is 42.6 Å². The van der Waals surface area contributed by atoms with E-state index in [4.69, 9.17) is 11.6 Å². The topological polar surface area (TPSA) is 91.4 Å². The quantitative estimate of drug-likeness (QED) is 0.793. The molecule has 2 N–H and O–H groups in total. The van der Waals surface area contributed by atoms with E-state index in [1.807, 2.05) is 24.3 Å². The van der Waals surface area contributed by atoms with E-state index >= 15 is 0 Å². The molecule has 1 aromatic heterocycles. The van der Waals surface area contributed by atoms with Gasteiger partial charge in [-0.05, 0) is 36.1 Å². The number of rotatable bonds is 3. The van der Waals surface area contributed by atoms with Gasteiger partial charge in [-0.2, -0.15) is 0 Å². The fourth-order valence-corrected chi connectivity index (χ4v) is 3.73. The van der Waals surface area contributed by atoms with E-state index < -0.39 is 17.5 Å². The van der Waals surface area contributed by atoms with Crippen molar-refractivity contribution in [3.63, 3.8) is 0 Å². The first-order valence-electron chi connectivity index (χ1n) is 8.59. The second-order valence-electron chi connectivity index (χ2n) is 6.76. The van der Waals surface area contributed by atoms with Crippen LogP contribution in [0.2, 0.25) is 5.02 Å². The smallest absolute Gasteiger partial charge is 0.323 e. The highest BCUT2D eigenvalue weighted by atomic mass is 35.5. The van der Waals surface area contributed by atoms with E-state index in [1.54, 1.807) is 12.1 Å². The zero-order valence-electron chi connectivity index (χ0n) is 14.4. The third-order valence-electron chi connectivity index (χ3n) is 4.97. The predicted molar refractivity (Wildman–Crippen MR) is 99.3 cm³/mol. The molecule has 1 atom stereocenters. The number of pyridine rings is 1. The van der Waals surface area contributed by atoms with Crippen LogP contribution < -0.4 is 10.6 Å². The summed E-state index contributed by atoms with van der Waals surface area (Å²) in [5.41, 5.74) is 1.27. The van der Waals surface area contributed by atoms with Crippen LogP contribution in [-0.4, -0.2) is 39.8 Å². The third kappa shape index (κ3) is 3.26. The number of fused-ring (bicyclic) bond motifs is 1. The summed E-state index contributed by atoms with van der Waals surface area (Å²) < 4.78 is 0. The van der Waals surface area contributed by atoms with Gasteiger partial charge in [0.1, 0.15) is 17.9 Å². The number of anilines is 1. The van der Waals surface area contributed by atoms with Gasteiger partial charge in [0, 0.05) is 12.6 Å². The Morgan fingerprint density at radius 1 is 1.22 bits per heavy atom. The molecule has 0 saturated carbocycles. The summed E-state index contributed by atoms with van der Waals surface area (Å²) in [7, 11) is 0. The van der Waals surface area contributed by atoms with Crippen molar-refractivity contribution in [1.82, 2.24) is 15.2 Å². The van der Waals surface area contributed by atoms with Crippen LogP contribution in [0.5, 0.6) is 0 Å². The van der Waals surface area contributed by atoms with Crippen molar-refractivity contribution in [2.75, 3.05) is 11.9 Å². The molecule has 1 fully saturated rings. The Hall–Kier alpha value is -2.93. The Labute approximate surface area is 160 Å². The summed E-state index contributed by atoms with van der Waals surface area (Å²) in [6.45, 7) is -0.363. The van der Waals surface area contributed by atoms with Crippen molar-refractivity contribution < 1.29 is 14.4 Å². The number of imide groups is 1. The van der Waals surface area contributed by atoms with E-state index in [9.17, 15) is 14.4 Å². The minimum absolute atomic E-state index is 0.303. The zero-order chi connectivity index (χ0) is 19.0. The molecular weight excluding hydrogens is 368 g/mol. The molecule has 2 heterocycles.